The molecule has 0 saturated carbocycles. The first kappa shape index (κ1) is 23.3. The van der Waals surface area contributed by atoms with Crippen LogP contribution in [0.1, 0.15) is 31.0 Å². The number of pyridine rings is 1. The van der Waals surface area contributed by atoms with E-state index >= 15 is 0 Å². The maximum Gasteiger partial charge on any atom is 0.221 e. The van der Waals surface area contributed by atoms with Crippen molar-refractivity contribution in [2.45, 2.75) is 37.0 Å². The number of aromatic nitrogens is 2. The molecule has 33 heavy (non-hydrogen) atoms. The number of aliphatic imine (C=N–C) groups is 1. The Labute approximate surface area is 197 Å². The lowest BCUT2D eigenvalue weighted by atomic mass is 10.1. The van der Waals surface area contributed by atoms with Crippen molar-refractivity contribution >= 4 is 43.5 Å². The first-order valence-electron chi connectivity index (χ1n) is 10.7. The summed E-state index contributed by atoms with van der Waals surface area (Å²) in [6, 6.07) is 8.89. The van der Waals surface area contributed by atoms with Gasteiger partial charge in [-0.15, -0.1) is 0 Å². The number of nitrogens with zero attached hydrogens (tertiary/aromatic N) is 2. The van der Waals surface area contributed by atoms with Gasteiger partial charge >= 0.3 is 0 Å². The van der Waals surface area contributed by atoms with Crippen LogP contribution >= 0.6 is 11.8 Å². The first-order chi connectivity index (χ1) is 15.7. The monoisotopic (exact) mass is 486 g/mol. The highest BCUT2D eigenvalue weighted by Gasteiger charge is 2.24. The van der Waals surface area contributed by atoms with E-state index in [1.807, 2.05) is 32.0 Å². The normalized spacial score (nSPS) is 16.1. The maximum absolute atomic E-state index is 12.0. The third-order valence-corrected chi connectivity index (χ3v) is 7.38. The van der Waals surface area contributed by atoms with Gasteiger partial charge in [-0.05, 0) is 49.2 Å². The predicted molar refractivity (Wildman–Crippen MR) is 131 cm³/mol. The van der Waals surface area contributed by atoms with Gasteiger partial charge in [0.1, 0.15) is 16.5 Å². The molecule has 0 fully saturated rings. The lowest BCUT2D eigenvalue weighted by Crippen LogP contribution is -2.27. The molecule has 1 aliphatic rings. The van der Waals surface area contributed by atoms with Gasteiger partial charge in [0.2, 0.25) is 5.91 Å². The summed E-state index contributed by atoms with van der Waals surface area (Å²) >= 11 is 1.63. The highest BCUT2D eigenvalue weighted by atomic mass is 32.2. The molecule has 0 bridgehead atoms. The summed E-state index contributed by atoms with van der Waals surface area (Å²) in [5.74, 6) is 1.15. The fourth-order valence-electron chi connectivity index (χ4n) is 3.56. The number of fused-ring (bicyclic) bond motifs is 1. The molecule has 1 unspecified atom stereocenters. The van der Waals surface area contributed by atoms with E-state index in [4.69, 9.17) is 4.74 Å². The molecule has 174 valence electrons. The molecule has 0 spiro atoms. The molecule has 0 aliphatic carbocycles. The number of hydrogen-bond donors (Lipinski definition) is 2. The van der Waals surface area contributed by atoms with Crippen LogP contribution in [-0.4, -0.2) is 53.9 Å². The minimum absolute atomic E-state index is 0.00717. The van der Waals surface area contributed by atoms with Crippen molar-refractivity contribution < 1.29 is 17.9 Å². The van der Waals surface area contributed by atoms with Gasteiger partial charge in [0, 0.05) is 35.4 Å². The van der Waals surface area contributed by atoms with Gasteiger partial charge in [0.25, 0.3) is 0 Å². The molecule has 3 aromatic rings. The number of ether oxygens (including phenoxy) is 1. The Hall–Kier alpha value is -2.85. The fraction of sp³-hybridized carbons (Fsp3) is 0.348. The molecule has 8 nitrogen and oxygen atoms in total. The summed E-state index contributed by atoms with van der Waals surface area (Å²) < 4.78 is 29.1. The molecule has 2 N–H and O–H groups in total. The summed E-state index contributed by atoms with van der Waals surface area (Å²) in [6.07, 6.45) is 3.90. The van der Waals surface area contributed by atoms with E-state index in [9.17, 15) is 13.2 Å². The predicted octanol–water partition coefficient (Wildman–Crippen LogP) is 3.85. The number of carbonyl (C=O) groups is 1. The highest BCUT2D eigenvalue weighted by Crippen LogP contribution is 2.33. The van der Waals surface area contributed by atoms with Crippen molar-refractivity contribution in [2.75, 3.05) is 19.3 Å². The van der Waals surface area contributed by atoms with E-state index in [1.54, 1.807) is 17.8 Å². The second-order valence-corrected chi connectivity index (χ2v) is 11.3. The van der Waals surface area contributed by atoms with Gasteiger partial charge in [-0.2, -0.15) is 0 Å². The van der Waals surface area contributed by atoms with E-state index in [2.05, 4.69) is 20.3 Å². The molecule has 2 aromatic heterocycles. The van der Waals surface area contributed by atoms with Gasteiger partial charge < -0.3 is 15.0 Å². The second kappa shape index (κ2) is 9.56. The van der Waals surface area contributed by atoms with Gasteiger partial charge in [-0.25, -0.2) is 13.4 Å². The van der Waals surface area contributed by atoms with Crippen LogP contribution in [-0.2, 0) is 14.6 Å². The zero-order valence-corrected chi connectivity index (χ0v) is 20.3. The SMILES string of the molecule is CCCNC(=O)CC1CN=C(c2cc3cc(Oc4ccc(S(C)(=O)=O)nc4)cc(C)c3[nH]2)S1. The average molecular weight is 487 g/mol. The molecule has 1 aliphatic heterocycles. The van der Waals surface area contributed by atoms with Crippen LogP contribution in [0.4, 0.5) is 0 Å². The topological polar surface area (TPSA) is 114 Å². The van der Waals surface area contributed by atoms with Crippen LogP contribution in [0.2, 0.25) is 0 Å². The van der Waals surface area contributed by atoms with Crippen LogP contribution in [0.15, 0.2) is 46.5 Å². The van der Waals surface area contributed by atoms with Crippen molar-refractivity contribution in [3.8, 4) is 11.5 Å². The third-order valence-electron chi connectivity index (χ3n) is 5.16. The molecule has 0 saturated heterocycles. The zero-order chi connectivity index (χ0) is 23.6. The maximum atomic E-state index is 12.0. The number of aromatic amines is 1. The number of H-pyrrole nitrogens is 1. The lowest BCUT2D eigenvalue weighted by molar-refractivity contribution is -0.121. The van der Waals surface area contributed by atoms with Crippen molar-refractivity contribution in [1.29, 1.82) is 0 Å². The van der Waals surface area contributed by atoms with Gasteiger partial charge in [-0.3, -0.25) is 9.79 Å². The molecule has 3 heterocycles. The first-order valence-corrected chi connectivity index (χ1v) is 13.5. The van der Waals surface area contributed by atoms with Crippen LogP contribution in [0, 0.1) is 6.92 Å². The standard InChI is InChI=1S/C23H26N4O4S2/c1-4-7-24-20(28)11-18-13-26-23(32-18)19-10-15-9-17(8-14(2)22(15)27-19)31-16-5-6-21(25-12-16)33(3,29)30/h5-6,8-10,12,18,27H,4,7,11,13H2,1-3H3,(H,24,28). The molecule has 0 radical (unpaired) electrons. The number of amides is 1. The van der Waals surface area contributed by atoms with Gasteiger partial charge in [0.05, 0.1) is 18.4 Å². The Bertz CT molecular complexity index is 1310. The van der Waals surface area contributed by atoms with Crippen LogP contribution < -0.4 is 10.1 Å². The lowest BCUT2D eigenvalue weighted by Gasteiger charge is -2.08. The van der Waals surface area contributed by atoms with E-state index in [0.29, 0.717) is 31.0 Å². The Morgan fingerprint density at radius 3 is 2.79 bits per heavy atom. The summed E-state index contributed by atoms with van der Waals surface area (Å²) in [5, 5.41) is 4.96. The van der Waals surface area contributed by atoms with E-state index in [-0.39, 0.29) is 16.2 Å². The fourth-order valence-corrected chi connectivity index (χ4v) is 5.21. The average Bonchev–Trinajstić information content (AvgIpc) is 3.39. The number of rotatable bonds is 8. The molecule has 1 atom stereocenters. The van der Waals surface area contributed by atoms with Crippen molar-refractivity contribution in [3.63, 3.8) is 0 Å². The molecule has 10 heteroatoms. The summed E-state index contributed by atoms with van der Waals surface area (Å²) in [4.78, 5) is 24.1. The van der Waals surface area contributed by atoms with Crippen LogP contribution in [0.3, 0.4) is 0 Å². The number of hydrogen-bond acceptors (Lipinski definition) is 7. The second-order valence-electron chi connectivity index (χ2n) is 8.03. The molecule has 1 aromatic carbocycles. The van der Waals surface area contributed by atoms with Gasteiger partial charge in [0.15, 0.2) is 14.9 Å². The van der Waals surface area contributed by atoms with Crippen molar-refractivity contribution in [3.05, 3.63) is 47.8 Å². The number of nitrogens with one attached hydrogen (secondary N) is 2. The minimum Gasteiger partial charge on any atom is -0.456 e. The van der Waals surface area contributed by atoms with E-state index in [0.717, 1.165) is 39.9 Å². The smallest absolute Gasteiger partial charge is 0.221 e. The number of benzene rings is 1. The molecular weight excluding hydrogens is 460 g/mol. The summed E-state index contributed by atoms with van der Waals surface area (Å²) in [5.41, 5.74) is 2.93. The Morgan fingerprint density at radius 1 is 1.27 bits per heavy atom. The minimum atomic E-state index is -3.35. The Kier molecular flexibility index (Phi) is 6.76. The summed E-state index contributed by atoms with van der Waals surface area (Å²) in [6.45, 7) is 5.35. The van der Waals surface area contributed by atoms with Crippen LogP contribution in [0.25, 0.3) is 10.9 Å². The van der Waals surface area contributed by atoms with Crippen molar-refractivity contribution in [2.24, 2.45) is 4.99 Å². The zero-order valence-electron chi connectivity index (χ0n) is 18.7. The largest absolute Gasteiger partial charge is 0.456 e. The number of carbonyl (C=O) groups excluding carboxylic acids is 1. The summed E-state index contributed by atoms with van der Waals surface area (Å²) in [7, 11) is -3.35. The quantitative estimate of drug-likeness (QED) is 0.500. The van der Waals surface area contributed by atoms with Gasteiger partial charge in [-0.1, -0.05) is 18.7 Å². The number of sulfone groups is 1. The third kappa shape index (κ3) is 5.56. The highest BCUT2D eigenvalue weighted by molar-refractivity contribution is 8.15. The molecule has 1 amide bonds. The Balaban J connectivity index is 1.48. The van der Waals surface area contributed by atoms with Crippen molar-refractivity contribution in [1.82, 2.24) is 15.3 Å². The Morgan fingerprint density at radius 2 is 2.09 bits per heavy atom. The molecular formula is C23H26N4O4S2. The number of aryl methyl sites for hydroxylation is 1. The van der Waals surface area contributed by atoms with E-state index in [1.165, 1.54) is 12.3 Å². The van der Waals surface area contributed by atoms with Crippen LogP contribution in [0.5, 0.6) is 11.5 Å². The van der Waals surface area contributed by atoms with E-state index < -0.39 is 9.84 Å². The number of thioether (sulfide) groups is 1. The molecule has 4 rings (SSSR count).